The average molecular weight is 289 g/mol. The minimum Gasteiger partial charge on any atom is -0.370 e. The summed E-state index contributed by atoms with van der Waals surface area (Å²) in [6.45, 7) is 4.42. The highest BCUT2D eigenvalue weighted by Crippen LogP contribution is 2.44. The Morgan fingerprint density at radius 3 is 2.55 bits per heavy atom. The van der Waals surface area contributed by atoms with Gasteiger partial charge in [-0.15, -0.1) is 0 Å². The third kappa shape index (κ3) is 2.80. The smallest absolute Gasteiger partial charge is 0.191 e. The Hall–Kier alpha value is -1.16. The highest BCUT2D eigenvalue weighted by atomic mass is 32.2. The van der Waals surface area contributed by atoms with E-state index in [4.69, 9.17) is 10.7 Å². The van der Waals surface area contributed by atoms with Gasteiger partial charge in [-0.1, -0.05) is 37.3 Å². The van der Waals surface area contributed by atoms with Gasteiger partial charge in [0.25, 0.3) is 0 Å². The fourth-order valence-corrected chi connectivity index (χ4v) is 4.11. The first-order valence-electron chi connectivity index (χ1n) is 7.39. The quantitative estimate of drug-likeness (QED) is 0.672. The van der Waals surface area contributed by atoms with Crippen molar-refractivity contribution >= 4 is 17.7 Å². The second-order valence-corrected chi connectivity index (χ2v) is 7.30. The molecule has 3 nitrogen and oxygen atoms in total. The Balaban J connectivity index is 1.60. The number of nitrogens with zero attached hydrogens (tertiary/aromatic N) is 2. The number of nitrogens with two attached hydrogens (primary N) is 1. The van der Waals surface area contributed by atoms with E-state index in [9.17, 15) is 0 Å². The van der Waals surface area contributed by atoms with Crippen molar-refractivity contribution < 1.29 is 0 Å². The molecule has 20 heavy (non-hydrogen) atoms. The minimum atomic E-state index is 0.285. The van der Waals surface area contributed by atoms with Gasteiger partial charge in [-0.25, -0.2) is 4.99 Å². The highest BCUT2D eigenvalue weighted by molar-refractivity contribution is 7.99. The van der Waals surface area contributed by atoms with E-state index in [0.29, 0.717) is 6.04 Å². The number of rotatable bonds is 2. The normalized spacial score (nSPS) is 30.9. The van der Waals surface area contributed by atoms with Crippen LogP contribution in [0.5, 0.6) is 0 Å². The zero-order valence-corrected chi connectivity index (χ0v) is 12.9. The van der Waals surface area contributed by atoms with Gasteiger partial charge in [-0.2, -0.15) is 11.8 Å². The molecule has 1 aromatic carbocycles. The molecular formula is C16H23N3S. The topological polar surface area (TPSA) is 41.6 Å². The Kier molecular flexibility index (Phi) is 3.92. The molecule has 1 aromatic rings. The molecule has 2 aliphatic rings. The van der Waals surface area contributed by atoms with Crippen LogP contribution in [-0.2, 0) is 5.41 Å². The van der Waals surface area contributed by atoms with Gasteiger partial charge < -0.3 is 10.6 Å². The van der Waals surface area contributed by atoms with Crippen LogP contribution in [0.25, 0.3) is 0 Å². The first-order chi connectivity index (χ1) is 9.67. The van der Waals surface area contributed by atoms with Crippen LogP contribution in [0.2, 0.25) is 0 Å². The molecule has 0 aromatic heterocycles. The van der Waals surface area contributed by atoms with E-state index in [-0.39, 0.29) is 5.41 Å². The second-order valence-electron chi connectivity index (χ2n) is 6.08. The number of thioether (sulfide) groups is 1. The number of hydrogen-bond acceptors (Lipinski definition) is 2. The van der Waals surface area contributed by atoms with Crippen LogP contribution in [0.1, 0.15) is 25.3 Å². The zero-order chi connectivity index (χ0) is 14.0. The molecule has 0 bridgehead atoms. The summed E-state index contributed by atoms with van der Waals surface area (Å²) in [6.07, 6.45) is 2.22. The molecule has 1 heterocycles. The van der Waals surface area contributed by atoms with Gasteiger partial charge in [-0.3, -0.25) is 0 Å². The van der Waals surface area contributed by atoms with Crippen LogP contribution in [-0.4, -0.2) is 41.5 Å². The number of aliphatic imine (C=N–C) groups is 1. The van der Waals surface area contributed by atoms with Crippen molar-refractivity contribution in [2.75, 3.05) is 24.6 Å². The molecule has 0 radical (unpaired) electrons. The number of hydrogen-bond donors (Lipinski definition) is 1. The Morgan fingerprint density at radius 2 is 1.90 bits per heavy atom. The molecular weight excluding hydrogens is 266 g/mol. The summed E-state index contributed by atoms with van der Waals surface area (Å²) in [6, 6.07) is 11.2. The van der Waals surface area contributed by atoms with Gasteiger partial charge >= 0.3 is 0 Å². The first-order valence-corrected chi connectivity index (χ1v) is 8.54. The fourth-order valence-electron chi connectivity index (χ4n) is 3.21. The maximum Gasteiger partial charge on any atom is 0.191 e. The average Bonchev–Trinajstić information content (AvgIpc) is 2.47. The van der Waals surface area contributed by atoms with Gasteiger partial charge in [0, 0.05) is 24.6 Å². The molecule has 1 aliphatic heterocycles. The van der Waals surface area contributed by atoms with E-state index in [1.54, 1.807) is 0 Å². The summed E-state index contributed by atoms with van der Waals surface area (Å²) < 4.78 is 0. The molecule has 0 amide bonds. The van der Waals surface area contributed by atoms with Gasteiger partial charge in [0.1, 0.15) is 0 Å². The summed E-state index contributed by atoms with van der Waals surface area (Å²) in [5.41, 5.74) is 7.87. The zero-order valence-electron chi connectivity index (χ0n) is 12.1. The highest BCUT2D eigenvalue weighted by Gasteiger charge is 2.41. The molecule has 2 fully saturated rings. The lowest BCUT2D eigenvalue weighted by atomic mass is 9.63. The summed E-state index contributed by atoms with van der Waals surface area (Å²) >= 11 is 2.00. The summed E-state index contributed by atoms with van der Waals surface area (Å²) in [5, 5.41) is 0. The van der Waals surface area contributed by atoms with Gasteiger partial charge in [-0.05, 0) is 23.8 Å². The SMILES string of the molecule is CC1(c2ccccc2)CC(N=C(N)N2CCSCC2)C1. The van der Waals surface area contributed by atoms with Crippen molar-refractivity contribution in [1.29, 1.82) is 0 Å². The van der Waals surface area contributed by atoms with Crippen molar-refractivity contribution in [2.24, 2.45) is 10.7 Å². The molecule has 4 heteroatoms. The minimum absolute atomic E-state index is 0.285. The standard InChI is InChI=1S/C16H23N3S/c1-16(13-5-3-2-4-6-13)11-14(12-16)18-15(17)19-7-9-20-10-8-19/h2-6,14H,7-12H2,1H3,(H2,17,18). The predicted molar refractivity (Wildman–Crippen MR) is 87.3 cm³/mol. The van der Waals surface area contributed by atoms with Crippen LogP contribution in [0.15, 0.2) is 35.3 Å². The van der Waals surface area contributed by atoms with E-state index in [1.165, 1.54) is 17.1 Å². The summed E-state index contributed by atoms with van der Waals surface area (Å²) in [4.78, 5) is 6.97. The van der Waals surface area contributed by atoms with Crippen LogP contribution < -0.4 is 5.73 Å². The lowest BCUT2D eigenvalue weighted by Crippen LogP contribution is -2.46. The van der Waals surface area contributed by atoms with E-state index in [1.807, 2.05) is 11.8 Å². The van der Waals surface area contributed by atoms with Gasteiger partial charge in [0.15, 0.2) is 5.96 Å². The number of guanidine groups is 1. The van der Waals surface area contributed by atoms with E-state index in [2.05, 4.69) is 42.2 Å². The first kappa shape index (κ1) is 13.8. The summed E-state index contributed by atoms with van der Waals surface area (Å²) in [5.74, 6) is 3.09. The van der Waals surface area contributed by atoms with Crippen molar-refractivity contribution in [1.82, 2.24) is 4.90 Å². The van der Waals surface area contributed by atoms with Gasteiger partial charge in [0.05, 0.1) is 6.04 Å². The largest absolute Gasteiger partial charge is 0.370 e. The molecule has 2 N–H and O–H groups in total. The number of benzene rings is 1. The molecule has 0 unspecified atom stereocenters. The molecule has 108 valence electrons. The third-order valence-corrected chi connectivity index (χ3v) is 5.44. The third-order valence-electron chi connectivity index (χ3n) is 4.49. The van der Waals surface area contributed by atoms with E-state index in [0.717, 1.165) is 31.9 Å². The Bertz CT molecular complexity index is 474. The monoisotopic (exact) mass is 289 g/mol. The predicted octanol–water partition coefficient (Wildman–Crippen LogP) is 2.47. The van der Waals surface area contributed by atoms with Crippen molar-refractivity contribution in [3.05, 3.63) is 35.9 Å². The molecule has 3 rings (SSSR count). The lowest BCUT2D eigenvalue weighted by Gasteiger charge is -2.44. The van der Waals surface area contributed by atoms with Crippen molar-refractivity contribution in [3.8, 4) is 0 Å². The lowest BCUT2D eigenvalue weighted by molar-refractivity contribution is 0.226. The van der Waals surface area contributed by atoms with Crippen LogP contribution in [0.4, 0.5) is 0 Å². The van der Waals surface area contributed by atoms with Crippen molar-refractivity contribution in [2.45, 2.75) is 31.2 Å². The van der Waals surface area contributed by atoms with Gasteiger partial charge in [0.2, 0.25) is 0 Å². The Labute approximate surface area is 125 Å². The Morgan fingerprint density at radius 1 is 1.25 bits per heavy atom. The molecule has 1 saturated heterocycles. The van der Waals surface area contributed by atoms with Crippen LogP contribution in [0.3, 0.4) is 0 Å². The van der Waals surface area contributed by atoms with E-state index < -0.39 is 0 Å². The molecule has 0 spiro atoms. The van der Waals surface area contributed by atoms with Crippen LogP contribution >= 0.6 is 11.8 Å². The maximum absolute atomic E-state index is 6.15. The molecule has 0 atom stereocenters. The molecule has 1 saturated carbocycles. The molecule has 1 aliphatic carbocycles. The fraction of sp³-hybridized carbons (Fsp3) is 0.562. The summed E-state index contributed by atoms with van der Waals surface area (Å²) in [7, 11) is 0. The van der Waals surface area contributed by atoms with E-state index >= 15 is 0 Å². The van der Waals surface area contributed by atoms with Crippen molar-refractivity contribution in [3.63, 3.8) is 0 Å². The second kappa shape index (κ2) is 5.68. The van der Waals surface area contributed by atoms with Crippen LogP contribution in [0, 0.1) is 0 Å². The maximum atomic E-state index is 6.15.